The third kappa shape index (κ3) is 6.49. The Labute approximate surface area is 112 Å². The first-order chi connectivity index (χ1) is 8.08. The maximum absolute atomic E-state index is 7.51. The van der Waals surface area contributed by atoms with Crippen molar-refractivity contribution in [3.05, 3.63) is 5.01 Å². The van der Waals surface area contributed by atoms with Crippen molar-refractivity contribution < 1.29 is 0 Å². The van der Waals surface area contributed by atoms with Crippen LogP contribution in [0.25, 0.3) is 0 Å². The smallest absolute Gasteiger partial charge is 0.203 e. The molecule has 0 unspecified atom stereocenters. The van der Waals surface area contributed by atoms with E-state index >= 15 is 0 Å². The van der Waals surface area contributed by atoms with Gasteiger partial charge in [0.2, 0.25) is 5.13 Å². The number of hydrogen-bond acceptors (Lipinski definition) is 8. The van der Waals surface area contributed by atoms with Gasteiger partial charge in [-0.2, -0.15) is 11.8 Å². The number of hydrogen-bond donors (Lipinski definition) is 4. The fourth-order valence-corrected chi connectivity index (χ4v) is 3.20. The second-order valence-electron chi connectivity index (χ2n) is 3.04. The number of amidine groups is 1. The van der Waals surface area contributed by atoms with E-state index in [-0.39, 0.29) is 5.17 Å². The van der Waals surface area contributed by atoms with Gasteiger partial charge in [0.1, 0.15) is 5.01 Å². The molecule has 9 heteroatoms. The quantitative estimate of drug-likeness (QED) is 0.356. The van der Waals surface area contributed by atoms with Crippen LogP contribution in [-0.2, 0) is 6.42 Å². The second-order valence-corrected chi connectivity index (χ2v) is 6.49. The molecule has 0 aliphatic carbocycles. The summed E-state index contributed by atoms with van der Waals surface area (Å²) in [5.74, 6) is 1.79. The minimum absolute atomic E-state index is 0.0238. The molecule has 17 heavy (non-hydrogen) atoms. The van der Waals surface area contributed by atoms with Gasteiger partial charge in [0.25, 0.3) is 0 Å². The van der Waals surface area contributed by atoms with Crippen molar-refractivity contribution in [1.82, 2.24) is 10.2 Å². The van der Waals surface area contributed by atoms with Crippen LogP contribution in [0.4, 0.5) is 5.13 Å². The van der Waals surface area contributed by atoms with E-state index in [0.717, 1.165) is 34.7 Å². The number of rotatable bonds is 6. The molecular weight excluding hydrogens is 276 g/mol. The lowest BCUT2D eigenvalue weighted by molar-refractivity contribution is 0.993. The van der Waals surface area contributed by atoms with Gasteiger partial charge < -0.3 is 11.5 Å². The van der Waals surface area contributed by atoms with Gasteiger partial charge in [-0.3, -0.25) is 10.8 Å². The Hall–Kier alpha value is -0.800. The van der Waals surface area contributed by atoms with Crippen molar-refractivity contribution >= 4 is 50.2 Å². The molecule has 0 saturated heterocycles. The molecule has 1 aromatic rings. The zero-order chi connectivity index (χ0) is 12.7. The summed E-state index contributed by atoms with van der Waals surface area (Å²) in [4.78, 5) is 0. The van der Waals surface area contributed by atoms with Crippen molar-refractivity contribution in [1.29, 1.82) is 10.8 Å². The minimum atomic E-state index is -0.0238. The summed E-state index contributed by atoms with van der Waals surface area (Å²) < 4.78 is 0. The van der Waals surface area contributed by atoms with E-state index in [1.165, 1.54) is 11.3 Å². The summed E-state index contributed by atoms with van der Waals surface area (Å²) in [6, 6.07) is 0. The van der Waals surface area contributed by atoms with E-state index in [9.17, 15) is 0 Å². The highest BCUT2D eigenvalue weighted by atomic mass is 32.2. The van der Waals surface area contributed by atoms with Crippen LogP contribution in [0.15, 0.2) is 0 Å². The molecule has 6 N–H and O–H groups in total. The summed E-state index contributed by atoms with van der Waals surface area (Å²) in [6.07, 6.45) is 1.50. The van der Waals surface area contributed by atoms with E-state index in [2.05, 4.69) is 10.2 Å². The minimum Gasteiger partial charge on any atom is -0.378 e. The SMILES string of the molecule is N=C(N)SC(=N)CCSCCc1nnc(N)s1. The normalized spacial score (nSPS) is 10.4. The number of nitrogen functional groups attached to an aromatic ring is 1. The molecule has 0 saturated carbocycles. The third-order valence-corrected chi connectivity index (χ3v) is 4.12. The van der Waals surface area contributed by atoms with E-state index in [4.69, 9.17) is 22.3 Å². The molecule has 0 amide bonds. The molecule has 0 aromatic carbocycles. The lowest BCUT2D eigenvalue weighted by Gasteiger charge is -2.01. The van der Waals surface area contributed by atoms with Gasteiger partial charge in [0.05, 0.1) is 5.04 Å². The van der Waals surface area contributed by atoms with Gasteiger partial charge in [-0.15, -0.1) is 10.2 Å². The van der Waals surface area contributed by atoms with Gasteiger partial charge in [-0.25, -0.2) is 0 Å². The van der Waals surface area contributed by atoms with E-state index in [0.29, 0.717) is 16.6 Å². The van der Waals surface area contributed by atoms with Gasteiger partial charge in [-0.1, -0.05) is 11.3 Å². The van der Waals surface area contributed by atoms with E-state index in [1.54, 1.807) is 11.8 Å². The van der Waals surface area contributed by atoms with Crippen molar-refractivity contribution in [3.63, 3.8) is 0 Å². The van der Waals surface area contributed by atoms with Crippen LogP contribution in [0, 0.1) is 10.8 Å². The van der Waals surface area contributed by atoms with Crippen molar-refractivity contribution in [3.8, 4) is 0 Å². The monoisotopic (exact) mass is 290 g/mol. The highest BCUT2D eigenvalue weighted by Gasteiger charge is 2.02. The molecule has 0 aliphatic heterocycles. The fraction of sp³-hybridized carbons (Fsp3) is 0.500. The number of anilines is 1. The average molecular weight is 290 g/mol. The standard InChI is InChI=1S/C8H14N6S3/c9-5(16-7(10)11)1-3-15-4-2-6-13-14-8(12)17-6/h9H,1-4H2,(H3,10,11)(H2,12,14). The second kappa shape index (κ2) is 7.51. The number of nitrogens with one attached hydrogen (secondary N) is 2. The number of thioether (sulfide) groups is 2. The average Bonchev–Trinajstić information content (AvgIpc) is 2.62. The molecule has 0 spiro atoms. The number of aromatic nitrogens is 2. The highest BCUT2D eigenvalue weighted by molar-refractivity contribution is 8.26. The number of nitrogens with zero attached hydrogens (tertiary/aromatic N) is 2. The predicted molar refractivity (Wildman–Crippen MR) is 77.2 cm³/mol. The molecule has 94 valence electrons. The Balaban J connectivity index is 2.05. The van der Waals surface area contributed by atoms with Crippen LogP contribution < -0.4 is 11.5 Å². The third-order valence-electron chi connectivity index (χ3n) is 1.65. The first-order valence-electron chi connectivity index (χ1n) is 4.83. The van der Waals surface area contributed by atoms with Crippen LogP contribution in [-0.4, -0.2) is 31.9 Å². The number of nitrogens with two attached hydrogens (primary N) is 2. The molecule has 0 atom stereocenters. The summed E-state index contributed by atoms with van der Waals surface area (Å²) in [5.41, 5.74) is 10.6. The first-order valence-corrected chi connectivity index (χ1v) is 7.61. The molecule has 0 bridgehead atoms. The van der Waals surface area contributed by atoms with Crippen LogP contribution in [0.2, 0.25) is 0 Å². The predicted octanol–water partition coefficient (Wildman–Crippen LogP) is 1.39. The summed E-state index contributed by atoms with van der Waals surface area (Å²) in [7, 11) is 0. The molecule has 1 aromatic heterocycles. The first kappa shape index (κ1) is 14.3. The topological polar surface area (TPSA) is 126 Å². The molecule has 1 rings (SSSR count). The van der Waals surface area contributed by atoms with Gasteiger partial charge in [-0.05, 0) is 23.3 Å². The Kier molecular flexibility index (Phi) is 6.30. The lowest BCUT2D eigenvalue weighted by atomic mass is 10.5. The maximum atomic E-state index is 7.51. The van der Waals surface area contributed by atoms with Crippen LogP contribution >= 0.6 is 34.9 Å². The maximum Gasteiger partial charge on any atom is 0.203 e. The van der Waals surface area contributed by atoms with Crippen LogP contribution in [0.1, 0.15) is 11.4 Å². The van der Waals surface area contributed by atoms with Crippen molar-refractivity contribution in [2.45, 2.75) is 12.8 Å². The van der Waals surface area contributed by atoms with Gasteiger partial charge >= 0.3 is 0 Å². The van der Waals surface area contributed by atoms with E-state index in [1.807, 2.05) is 0 Å². The molecular formula is C8H14N6S3. The molecule has 0 radical (unpaired) electrons. The van der Waals surface area contributed by atoms with Crippen LogP contribution in [0.5, 0.6) is 0 Å². The zero-order valence-electron chi connectivity index (χ0n) is 9.10. The Morgan fingerprint density at radius 2 is 2.06 bits per heavy atom. The Bertz CT molecular complexity index is 390. The van der Waals surface area contributed by atoms with Gasteiger partial charge in [0.15, 0.2) is 5.17 Å². The number of aryl methyl sites for hydroxylation is 1. The lowest BCUT2D eigenvalue weighted by Crippen LogP contribution is -2.08. The van der Waals surface area contributed by atoms with Crippen molar-refractivity contribution in [2.24, 2.45) is 5.73 Å². The van der Waals surface area contributed by atoms with Crippen LogP contribution in [0.3, 0.4) is 0 Å². The molecule has 1 heterocycles. The molecule has 0 aliphatic rings. The largest absolute Gasteiger partial charge is 0.378 e. The summed E-state index contributed by atoms with van der Waals surface area (Å²) >= 11 is 4.16. The molecule has 6 nitrogen and oxygen atoms in total. The Morgan fingerprint density at radius 3 is 2.65 bits per heavy atom. The Morgan fingerprint density at radius 1 is 1.29 bits per heavy atom. The highest BCUT2D eigenvalue weighted by Crippen LogP contribution is 2.15. The summed E-state index contributed by atoms with van der Waals surface area (Å²) in [6.45, 7) is 0. The molecule has 0 fully saturated rings. The zero-order valence-corrected chi connectivity index (χ0v) is 11.6. The van der Waals surface area contributed by atoms with Gasteiger partial charge in [0, 0.05) is 12.8 Å². The van der Waals surface area contributed by atoms with Crippen molar-refractivity contribution in [2.75, 3.05) is 17.2 Å². The fourth-order valence-electron chi connectivity index (χ4n) is 0.978. The van der Waals surface area contributed by atoms with E-state index < -0.39 is 0 Å². The summed E-state index contributed by atoms with van der Waals surface area (Å²) in [5, 5.41) is 24.1.